The van der Waals surface area contributed by atoms with Crippen molar-refractivity contribution in [1.29, 1.82) is 0 Å². The third kappa shape index (κ3) is 2.11. The molecule has 0 amide bonds. The molecule has 0 aromatic rings. The van der Waals surface area contributed by atoms with E-state index in [1.807, 2.05) is 0 Å². The fourth-order valence-electron chi connectivity index (χ4n) is 5.89. The predicted molar refractivity (Wildman–Crippen MR) is 87.6 cm³/mol. The zero-order chi connectivity index (χ0) is 14.5. The third-order valence-electron chi connectivity index (χ3n) is 6.95. The van der Waals surface area contributed by atoms with Crippen LogP contribution in [0, 0.1) is 22.7 Å². The fourth-order valence-corrected chi connectivity index (χ4v) is 5.89. The van der Waals surface area contributed by atoms with Gasteiger partial charge < -0.3 is 0 Å². The standard InChI is InChI=1S/C20H32/c1-14(2)15-7-9-17-16(13-15)8-10-18-19(3,4)11-6-12-20(17,18)5/h13,17-18H,6-12H2,1-5H3/t17-,18-,20+/m0/s1. The molecule has 3 rings (SSSR count). The van der Waals surface area contributed by atoms with Crippen molar-refractivity contribution in [2.75, 3.05) is 0 Å². The van der Waals surface area contributed by atoms with Gasteiger partial charge in [0, 0.05) is 0 Å². The van der Waals surface area contributed by atoms with Crippen LogP contribution in [0.3, 0.4) is 0 Å². The predicted octanol–water partition coefficient (Wildman–Crippen LogP) is 6.29. The minimum absolute atomic E-state index is 0.565. The smallest absolute Gasteiger partial charge is 0.0140 e. The Balaban J connectivity index is 1.97. The van der Waals surface area contributed by atoms with Crippen molar-refractivity contribution in [2.24, 2.45) is 22.7 Å². The van der Waals surface area contributed by atoms with Crippen LogP contribution in [0.1, 0.15) is 79.6 Å². The van der Waals surface area contributed by atoms with Crippen LogP contribution in [0.2, 0.25) is 0 Å². The van der Waals surface area contributed by atoms with Gasteiger partial charge in [-0.25, -0.2) is 0 Å². The summed E-state index contributed by atoms with van der Waals surface area (Å²) in [4.78, 5) is 0. The normalized spacial score (nSPS) is 39.6. The van der Waals surface area contributed by atoms with Crippen molar-refractivity contribution in [2.45, 2.75) is 79.6 Å². The van der Waals surface area contributed by atoms with Crippen LogP contribution in [0.5, 0.6) is 0 Å². The lowest BCUT2D eigenvalue weighted by Crippen LogP contribution is -2.50. The number of fused-ring (bicyclic) bond motifs is 3. The maximum absolute atomic E-state index is 2.63. The van der Waals surface area contributed by atoms with Crippen LogP contribution in [0.4, 0.5) is 0 Å². The largest absolute Gasteiger partial charge is 0.0732 e. The first-order valence-corrected chi connectivity index (χ1v) is 8.71. The van der Waals surface area contributed by atoms with E-state index in [1.54, 1.807) is 11.1 Å². The summed E-state index contributed by atoms with van der Waals surface area (Å²) in [5, 5.41) is 0. The highest BCUT2D eigenvalue weighted by atomic mass is 14.6. The van der Waals surface area contributed by atoms with Gasteiger partial charge in [-0.3, -0.25) is 0 Å². The van der Waals surface area contributed by atoms with Gasteiger partial charge >= 0.3 is 0 Å². The molecule has 0 heterocycles. The van der Waals surface area contributed by atoms with Crippen molar-refractivity contribution in [3.05, 3.63) is 22.8 Å². The Morgan fingerprint density at radius 1 is 1.05 bits per heavy atom. The van der Waals surface area contributed by atoms with Gasteiger partial charge in [0.05, 0.1) is 0 Å². The van der Waals surface area contributed by atoms with Crippen molar-refractivity contribution >= 4 is 0 Å². The van der Waals surface area contributed by atoms with Gasteiger partial charge in [0.25, 0.3) is 0 Å². The molecular weight excluding hydrogens is 240 g/mol. The maximum Gasteiger partial charge on any atom is -0.0140 e. The van der Waals surface area contributed by atoms with Crippen molar-refractivity contribution in [1.82, 2.24) is 0 Å². The summed E-state index contributed by atoms with van der Waals surface area (Å²) < 4.78 is 0. The maximum atomic E-state index is 2.63. The van der Waals surface area contributed by atoms with Crippen LogP contribution in [-0.2, 0) is 0 Å². The van der Waals surface area contributed by atoms with E-state index in [2.05, 4.69) is 40.7 Å². The van der Waals surface area contributed by atoms with Crippen LogP contribution in [-0.4, -0.2) is 0 Å². The van der Waals surface area contributed by atoms with Crippen molar-refractivity contribution < 1.29 is 0 Å². The van der Waals surface area contributed by atoms with Crippen LogP contribution < -0.4 is 0 Å². The molecule has 0 aromatic carbocycles. The minimum atomic E-state index is 0.565. The molecule has 0 aliphatic heterocycles. The Hall–Kier alpha value is -0.520. The number of allylic oxidation sites excluding steroid dienone is 4. The van der Waals surface area contributed by atoms with Gasteiger partial charge in [0.1, 0.15) is 0 Å². The average Bonchev–Trinajstić information content (AvgIpc) is 2.37. The Morgan fingerprint density at radius 2 is 1.80 bits per heavy atom. The second-order valence-electron chi connectivity index (χ2n) is 8.77. The molecule has 0 unspecified atom stereocenters. The number of hydrogen-bond acceptors (Lipinski definition) is 0. The van der Waals surface area contributed by atoms with E-state index in [0.717, 1.165) is 11.8 Å². The Bertz CT molecular complexity index is 458. The van der Waals surface area contributed by atoms with Gasteiger partial charge in [-0.1, -0.05) is 44.4 Å². The first kappa shape index (κ1) is 14.4. The molecule has 0 saturated heterocycles. The molecule has 2 saturated carbocycles. The van der Waals surface area contributed by atoms with E-state index in [-0.39, 0.29) is 0 Å². The topological polar surface area (TPSA) is 0 Å². The summed E-state index contributed by atoms with van der Waals surface area (Å²) in [7, 11) is 0. The fraction of sp³-hybridized carbons (Fsp3) is 0.800. The monoisotopic (exact) mass is 272 g/mol. The molecule has 0 heteroatoms. The highest BCUT2D eigenvalue weighted by Crippen LogP contribution is 2.62. The number of rotatable bonds is 0. The molecule has 0 N–H and O–H groups in total. The van der Waals surface area contributed by atoms with E-state index in [9.17, 15) is 0 Å². The highest BCUT2D eigenvalue weighted by molar-refractivity contribution is 5.34. The molecule has 3 atom stereocenters. The third-order valence-corrected chi connectivity index (χ3v) is 6.95. The van der Waals surface area contributed by atoms with E-state index < -0.39 is 0 Å². The van der Waals surface area contributed by atoms with E-state index in [0.29, 0.717) is 10.8 Å². The molecule has 3 aliphatic carbocycles. The number of hydrogen-bond donors (Lipinski definition) is 0. The zero-order valence-electron chi connectivity index (χ0n) is 14.2. The molecule has 0 bridgehead atoms. The van der Waals surface area contributed by atoms with Gasteiger partial charge in [-0.15, -0.1) is 0 Å². The lowest BCUT2D eigenvalue weighted by Gasteiger charge is -2.59. The molecule has 112 valence electrons. The molecule has 0 radical (unpaired) electrons. The molecular formula is C20H32. The molecule has 0 nitrogen and oxygen atoms in total. The Kier molecular flexibility index (Phi) is 3.42. The summed E-state index contributed by atoms with van der Waals surface area (Å²) in [6.07, 6.45) is 12.5. The summed E-state index contributed by atoms with van der Waals surface area (Å²) in [6.45, 7) is 12.3. The summed E-state index contributed by atoms with van der Waals surface area (Å²) >= 11 is 0. The quantitative estimate of drug-likeness (QED) is 0.486. The van der Waals surface area contributed by atoms with E-state index in [1.165, 1.54) is 50.5 Å². The first-order valence-electron chi connectivity index (χ1n) is 8.71. The lowest BCUT2D eigenvalue weighted by molar-refractivity contribution is -0.0551. The van der Waals surface area contributed by atoms with Gasteiger partial charge in [-0.05, 0) is 80.6 Å². The molecule has 20 heavy (non-hydrogen) atoms. The summed E-state index contributed by atoms with van der Waals surface area (Å²) in [5.74, 6) is 1.82. The van der Waals surface area contributed by atoms with Gasteiger partial charge in [0.15, 0.2) is 0 Å². The van der Waals surface area contributed by atoms with E-state index >= 15 is 0 Å². The molecule has 0 spiro atoms. The van der Waals surface area contributed by atoms with Gasteiger partial charge in [0.2, 0.25) is 0 Å². The summed E-state index contributed by atoms with van der Waals surface area (Å²) in [5.41, 5.74) is 6.11. The summed E-state index contributed by atoms with van der Waals surface area (Å²) in [6, 6.07) is 0. The second kappa shape index (κ2) is 4.75. The zero-order valence-corrected chi connectivity index (χ0v) is 14.2. The molecule has 0 aromatic heterocycles. The Labute approximate surface area is 125 Å². The minimum Gasteiger partial charge on any atom is -0.0732 e. The molecule has 2 fully saturated rings. The van der Waals surface area contributed by atoms with E-state index in [4.69, 9.17) is 0 Å². The van der Waals surface area contributed by atoms with Gasteiger partial charge in [-0.2, -0.15) is 0 Å². The SMILES string of the molecule is CC(C)=C1C=C2CC[C@H]3C(C)(C)CCC[C@]3(C)[C@H]2CC1. The van der Waals surface area contributed by atoms with Crippen LogP contribution in [0.15, 0.2) is 22.8 Å². The Morgan fingerprint density at radius 3 is 2.50 bits per heavy atom. The highest BCUT2D eigenvalue weighted by Gasteiger charge is 2.53. The lowest BCUT2D eigenvalue weighted by atomic mass is 9.46. The van der Waals surface area contributed by atoms with Crippen molar-refractivity contribution in [3.8, 4) is 0 Å². The van der Waals surface area contributed by atoms with Crippen LogP contribution >= 0.6 is 0 Å². The van der Waals surface area contributed by atoms with Crippen molar-refractivity contribution in [3.63, 3.8) is 0 Å². The second-order valence-corrected chi connectivity index (χ2v) is 8.77. The first-order chi connectivity index (χ1) is 9.34. The average molecular weight is 272 g/mol. The van der Waals surface area contributed by atoms with Crippen LogP contribution in [0.25, 0.3) is 0 Å². The molecule has 3 aliphatic rings.